The molecular weight excluding hydrogens is 545 g/mol. The van der Waals surface area contributed by atoms with Gasteiger partial charge in [-0.2, -0.15) is 11.8 Å². The van der Waals surface area contributed by atoms with Gasteiger partial charge in [-0.25, -0.2) is 9.37 Å². The molecule has 0 spiro atoms. The standard InChI is InChI=1S/C30H44FN5O4S/c1-2-40-28(38)11-5-3-4-8-14-32-27(37)19-36-15-12-23(13-16-36)41-20-26-34-25-18-22(33-21-9-6-7-10-21)17-24(31)29(25)30(39)35-26/h17-18,21,23,33H,2-16,19-20H2,1H3,(H,32,37)(H,34,35,39). The van der Waals surface area contributed by atoms with Gasteiger partial charge in [-0.15, -0.1) is 0 Å². The quantitative estimate of drug-likeness (QED) is 0.202. The molecule has 2 aromatic rings. The third kappa shape index (κ3) is 9.99. The summed E-state index contributed by atoms with van der Waals surface area (Å²) in [6.45, 7) is 5.00. The van der Waals surface area contributed by atoms with E-state index >= 15 is 0 Å². The van der Waals surface area contributed by atoms with Crippen molar-refractivity contribution in [2.75, 3.05) is 38.1 Å². The number of ether oxygens (including phenoxy) is 1. The van der Waals surface area contributed by atoms with Crippen molar-refractivity contribution >= 4 is 40.2 Å². The van der Waals surface area contributed by atoms with Crippen LogP contribution in [-0.4, -0.2) is 70.8 Å². The second-order valence-corrected chi connectivity index (χ2v) is 12.4. The summed E-state index contributed by atoms with van der Waals surface area (Å²) in [6.07, 6.45) is 10.6. The van der Waals surface area contributed by atoms with Crippen LogP contribution in [0.2, 0.25) is 0 Å². The van der Waals surface area contributed by atoms with E-state index in [-0.39, 0.29) is 17.3 Å². The molecule has 1 aliphatic heterocycles. The summed E-state index contributed by atoms with van der Waals surface area (Å²) >= 11 is 1.75. The number of nitrogens with zero attached hydrogens (tertiary/aromatic N) is 2. The maximum Gasteiger partial charge on any atom is 0.305 e. The second kappa shape index (κ2) is 16.1. The van der Waals surface area contributed by atoms with Gasteiger partial charge in [0.15, 0.2) is 0 Å². The smallest absolute Gasteiger partial charge is 0.305 e. The lowest BCUT2D eigenvalue weighted by molar-refractivity contribution is -0.143. The van der Waals surface area contributed by atoms with Crippen LogP contribution in [0.3, 0.4) is 0 Å². The van der Waals surface area contributed by atoms with Gasteiger partial charge >= 0.3 is 5.97 Å². The van der Waals surface area contributed by atoms with Crippen LogP contribution in [0.1, 0.15) is 83.4 Å². The van der Waals surface area contributed by atoms with Gasteiger partial charge in [-0.3, -0.25) is 19.3 Å². The van der Waals surface area contributed by atoms with E-state index in [0.717, 1.165) is 64.5 Å². The number of fused-ring (bicyclic) bond motifs is 1. The van der Waals surface area contributed by atoms with Crippen molar-refractivity contribution in [2.45, 2.75) is 94.6 Å². The maximum absolute atomic E-state index is 14.7. The van der Waals surface area contributed by atoms with Gasteiger partial charge in [-0.05, 0) is 70.7 Å². The molecule has 4 rings (SSSR count). The SMILES string of the molecule is CCOC(=O)CCCCCCNC(=O)CN1CCC(SCc2nc3cc(NC4CCCC4)cc(F)c3c(=O)[nH]2)CC1. The third-order valence-electron chi connectivity index (χ3n) is 7.83. The van der Waals surface area contributed by atoms with Crippen molar-refractivity contribution in [1.82, 2.24) is 20.2 Å². The van der Waals surface area contributed by atoms with Gasteiger partial charge in [0.25, 0.3) is 5.56 Å². The number of carbonyl (C=O) groups is 2. The summed E-state index contributed by atoms with van der Waals surface area (Å²) in [5.41, 5.74) is 0.636. The number of aromatic nitrogens is 2. The van der Waals surface area contributed by atoms with Crippen molar-refractivity contribution in [2.24, 2.45) is 0 Å². The van der Waals surface area contributed by atoms with Gasteiger partial charge < -0.3 is 20.4 Å². The minimum Gasteiger partial charge on any atom is -0.466 e. The zero-order valence-corrected chi connectivity index (χ0v) is 25.0. The van der Waals surface area contributed by atoms with Gasteiger partial charge in [0.05, 0.1) is 24.4 Å². The van der Waals surface area contributed by atoms with Crippen LogP contribution in [0.15, 0.2) is 16.9 Å². The van der Waals surface area contributed by atoms with E-state index in [1.54, 1.807) is 17.8 Å². The number of carbonyl (C=O) groups excluding carboxylic acids is 2. The van der Waals surface area contributed by atoms with Crippen LogP contribution in [0.4, 0.5) is 10.1 Å². The largest absolute Gasteiger partial charge is 0.466 e. The van der Waals surface area contributed by atoms with Crippen molar-refractivity contribution in [3.63, 3.8) is 0 Å². The number of nitrogens with one attached hydrogen (secondary N) is 3. The molecule has 3 N–H and O–H groups in total. The molecule has 41 heavy (non-hydrogen) atoms. The Bertz CT molecular complexity index is 1210. The lowest BCUT2D eigenvalue weighted by Gasteiger charge is -2.31. The van der Waals surface area contributed by atoms with E-state index in [4.69, 9.17) is 4.74 Å². The van der Waals surface area contributed by atoms with E-state index in [1.807, 2.05) is 6.92 Å². The van der Waals surface area contributed by atoms with E-state index in [1.165, 1.54) is 18.9 Å². The number of esters is 1. The highest BCUT2D eigenvalue weighted by Crippen LogP contribution is 2.27. The zero-order chi connectivity index (χ0) is 29.0. The molecule has 1 saturated heterocycles. The number of aromatic amines is 1. The van der Waals surface area contributed by atoms with Crippen molar-refractivity contribution < 1.29 is 18.7 Å². The molecule has 1 aromatic heterocycles. The fraction of sp³-hybridized carbons (Fsp3) is 0.667. The molecule has 0 unspecified atom stereocenters. The molecule has 2 heterocycles. The summed E-state index contributed by atoms with van der Waals surface area (Å²) in [7, 11) is 0. The predicted octanol–water partition coefficient (Wildman–Crippen LogP) is 4.74. The summed E-state index contributed by atoms with van der Waals surface area (Å²) in [5.74, 6) is 0.485. The van der Waals surface area contributed by atoms with Crippen molar-refractivity contribution in [3.8, 4) is 0 Å². The molecular formula is C30H44FN5O4S. The fourth-order valence-corrected chi connectivity index (χ4v) is 6.70. The number of rotatable bonds is 15. The summed E-state index contributed by atoms with van der Waals surface area (Å²) in [5, 5.41) is 6.83. The molecule has 1 saturated carbocycles. The Labute approximate surface area is 245 Å². The van der Waals surface area contributed by atoms with Gasteiger partial charge in [0.1, 0.15) is 17.0 Å². The van der Waals surface area contributed by atoms with Gasteiger partial charge in [0, 0.05) is 29.9 Å². The molecule has 11 heteroatoms. The first-order valence-electron chi connectivity index (χ1n) is 15.2. The number of likely N-dealkylation sites (tertiary alicyclic amines) is 1. The number of halogens is 1. The van der Waals surface area contributed by atoms with Crippen LogP contribution >= 0.6 is 11.8 Å². The Morgan fingerprint density at radius 2 is 1.88 bits per heavy atom. The molecule has 0 bridgehead atoms. The number of H-pyrrole nitrogens is 1. The average molecular weight is 590 g/mol. The maximum atomic E-state index is 14.7. The summed E-state index contributed by atoms with van der Waals surface area (Å²) < 4.78 is 19.7. The molecule has 226 valence electrons. The number of hydrogen-bond acceptors (Lipinski definition) is 8. The van der Waals surface area contributed by atoms with E-state index in [2.05, 4.69) is 25.5 Å². The van der Waals surface area contributed by atoms with E-state index < -0.39 is 11.4 Å². The van der Waals surface area contributed by atoms with Crippen LogP contribution in [-0.2, 0) is 20.1 Å². The average Bonchev–Trinajstić information content (AvgIpc) is 3.45. The molecule has 1 aliphatic carbocycles. The monoisotopic (exact) mass is 589 g/mol. The number of thioether (sulfide) groups is 1. The summed E-state index contributed by atoms with van der Waals surface area (Å²) in [4.78, 5) is 45.9. The number of piperidine rings is 1. The Hall–Kier alpha value is -2.66. The van der Waals surface area contributed by atoms with Gasteiger partial charge in [0.2, 0.25) is 5.91 Å². The molecule has 1 aromatic carbocycles. The Morgan fingerprint density at radius 1 is 1.12 bits per heavy atom. The van der Waals surface area contributed by atoms with Crippen molar-refractivity contribution in [1.29, 1.82) is 0 Å². The van der Waals surface area contributed by atoms with Crippen LogP contribution in [0.25, 0.3) is 10.9 Å². The highest BCUT2D eigenvalue weighted by Gasteiger charge is 2.22. The Kier molecular flexibility index (Phi) is 12.3. The van der Waals surface area contributed by atoms with Crippen molar-refractivity contribution in [3.05, 3.63) is 34.1 Å². The minimum absolute atomic E-state index is 0.0105. The van der Waals surface area contributed by atoms with Gasteiger partial charge in [-0.1, -0.05) is 25.7 Å². The first-order chi connectivity index (χ1) is 19.9. The van der Waals surface area contributed by atoms with Crippen LogP contribution in [0, 0.1) is 5.82 Å². The molecule has 2 aliphatic rings. The normalized spacial score (nSPS) is 16.7. The Balaban J connectivity index is 1.14. The first kappa shape index (κ1) is 31.3. The summed E-state index contributed by atoms with van der Waals surface area (Å²) in [6, 6.07) is 3.54. The highest BCUT2D eigenvalue weighted by atomic mass is 32.2. The third-order valence-corrected chi connectivity index (χ3v) is 9.21. The van der Waals surface area contributed by atoms with E-state index in [9.17, 15) is 18.8 Å². The molecule has 2 fully saturated rings. The molecule has 1 amide bonds. The van der Waals surface area contributed by atoms with Crippen LogP contribution < -0.4 is 16.2 Å². The second-order valence-electron chi connectivity index (χ2n) is 11.1. The first-order valence-corrected chi connectivity index (χ1v) is 16.2. The van der Waals surface area contributed by atoms with Crippen LogP contribution in [0.5, 0.6) is 0 Å². The number of benzene rings is 1. The molecule has 0 atom stereocenters. The minimum atomic E-state index is -0.543. The number of anilines is 1. The number of hydrogen-bond donors (Lipinski definition) is 3. The lowest BCUT2D eigenvalue weighted by Crippen LogP contribution is -2.42. The predicted molar refractivity (Wildman–Crippen MR) is 162 cm³/mol. The zero-order valence-electron chi connectivity index (χ0n) is 24.1. The van der Waals surface area contributed by atoms with E-state index in [0.29, 0.717) is 60.2 Å². The molecule has 0 radical (unpaired) electrons. The fourth-order valence-electron chi connectivity index (χ4n) is 5.63. The Morgan fingerprint density at radius 3 is 2.63 bits per heavy atom. The lowest BCUT2D eigenvalue weighted by atomic mass is 10.1. The number of unbranched alkanes of at least 4 members (excludes halogenated alkanes) is 3. The molecule has 9 nitrogen and oxygen atoms in total. The highest BCUT2D eigenvalue weighted by molar-refractivity contribution is 7.99. The number of amides is 1. The topological polar surface area (TPSA) is 116 Å².